The summed E-state index contributed by atoms with van der Waals surface area (Å²) in [5, 5.41) is 3.06. The fourth-order valence-electron chi connectivity index (χ4n) is 5.34. The molecule has 9 nitrogen and oxygen atoms in total. The number of likely N-dealkylation sites (N-methyl/N-ethyl adjacent to an activating group) is 2. The van der Waals surface area contributed by atoms with Crippen LogP contribution in [0, 0.1) is 11.3 Å². The van der Waals surface area contributed by atoms with E-state index in [0.717, 1.165) is 32.2 Å². The van der Waals surface area contributed by atoms with Crippen LogP contribution in [0.2, 0.25) is 0 Å². The number of piperidine rings is 1. The second kappa shape index (κ2) is 12.9. The van der Waals surface area contributed by atoms with E-state index < -0.39 is 23.5 Å². The molecule has 37 heavy (non-hydrogen) atoms. The number of amides is 3. The van der Waals surface area contributed by atoms with Crippen molar-refractivity contribution in [3.05, 3.63) is 11.6 Å². The molecule has 0 saturated carbocycles. The molecular weight excluding hydrogens is 472 g/mol. The van der Waals surface area contributed by atoms with E-state index in [1.807, 2.05) is 47.7 Å². The number of methoxy groups -OCH3 is 1. The summed E-state index contributed by atoms with van der Waals surface area (Å²) >= 11 is 0. The molecule has 2 fully saturated rings. The van der Waals surface area contributed by atoms with Crippen LogP contribution in [0.5, 0.6) is 0 Å². The van der Waals surface area contributed by atoms with Gasteiger partial charge in [-0.05, 0) is 57.5 Å². The van der Waals surface area contributed by atoms with Gasteiger partial charge in [0.25, 0.3) is 0 Å². The zero-order valence-corrected chi connectivity index (χ0v) is 24.3. The van der Waals surface area contributed by atoms with Gasteiger partial charge in [-0.1, -0.05) is 47.1 Å². The molecule has 9 heteroatoms. The minimum absolute atomic E-state index is 0.0208. The van der Waals surface area contributed by atoms with Crippen molar-refractivity contribution in [2.24, 2.45) is 11.3 Å². The third-order valence-electron chi connectivity index (χ3n) is 7.70. The van der Waals surface area contributed by atoms with Gasteiger partial charge in [-0.2, -0.15) is 0 Å². The van der Waals surface area contributed by atoms with E-state index in [2.05, 4.69) is 10.2 Å². The molecule has 0 bridgehead atoms. The van der Waals surface area contributed by atoms with Gasteiger partial charge in [0.1, 0.15) is 12.1 Å². The number of likely N-dealkylation sites (tertiary alicyclic amines) is 2. The highest BCUT2D eigenvalue weighted by Gasteiger charge is 2.40. The Labute approximate surface area is 222 Å². The Morgan fingerprint density at radius 3 is 2.19 bits per heavy atom. The van der Waals surface area contributed by atoms with Crippen LogP contribution in [0.15, 0.2) is 11.6 Å². The van der Waals surface area contributed by atoms with Crippen molar-refractivity contribution in [1.29, 1.82) is 0 Å². The number of carbonyl (C=O) groups excluding carboxylic acids is 4. The Morgan fingerprint density at radius 2 is 1.65 bits per heavy atom. The van der Waals surface area contributed by atoms with Crippen molar-refractivity contribution in [3.8, 4) is 0 Å². The molecule has 2 unspecified atom stereocenters. The number of ether oxygens (including phenoxy) is 1. The van der Waals surface area contributed by atoms with Gasteiger partial charge >= 0.3 is 5.97 Å². The van der Waals surface area contributed by atoms with Gasteiger partial charge in [0.15, 0.2) is 0 Å². The SMILES string of the molecule is COC(=O)[C@@H]1CCCN1C(=O)/C(C)=C/[C@H](C(C)C)N(C)C(=O)C(NC(=O)C1CCCCN1C)C(C)(C)C. The highest BCUT2D eigenvalue weighted by Crippen LogP contribution is 2.26. The first-order chi connectivity index (χ1) is 17.2. The Kier molecular flexibility index (Phi) is 10.7. The lowest BCUT2D eigenvalue weighted by Crippen LogP contribution is -2.59. The van der Waals surface area contributed by atoms with Crippen LogP contribution in [0.3, 0.4) is 0 Å². The van der Waals surface area contributed by atoms with Gasteiger partial charge in [-0.3, -0.25) is 19.3 Å². The molecule has 2 rings (SSSR count). The van der Waals surface area contributed by atoms with Crippen molar-refractivity contribution < 1.29 is 23.9 Å². The monoisotopic (exact) mass is 520 g/mol. The van der Waals surface area contributed by atoms with E-state index in [0.29, 0.717) is 18.5 Å². The second-order valence-corrected chi connectivity index (χ2v) is 12.0. The molecule has 3 amide bonds. The largest absolute Gasteiger partial charge is 0.467 e. The first-order valence-electron chi connectivity index (χ1n) is 13.5. The van der Waals surface area contributed by atoms with Crippen molar-refractivity contribution in [2.75, 3.05) is 34.3 Å². The minimum atomic E-state index is -0.715. The minimum Gasteiger partial charge on any atom is -0.467 e. The fourth-order valence-corrected chi connectivity index (χ4v) is 5.34. The highest BCUT2D eigenvalue weighted by atomic mass is 16.5. The maximum atomic E-state index is 13.8. The normalized spacial score (nSPS) is 23.0. The molecule has 0 aromatic heterocycles. The molecule has 0 aromatic carbocycles. The van der Waals surface area contributed by atoms with Crippen molar-refractivity contribution >= 4 is 23.7 Å². The number of hydrogen-bond acceptors (Lipinski definition) is 6. The number of nitrogens with zero attached hydrogens (tertiary/aromatic N) is 3. The van der Waals surface area contributed by atoms with E-state index >= 15 is 0 Å². The lowest BCUT2D eigenvalue weighted by Gasteiger charge is -2.39. The Hall–Kier alpha value is -2.42. The predicted octanol–water partition coefficient (Wildman–Crippen LogP) is 2.59. The average molecular weight is 521 g/mol. The maximum Gasteiger partial charge on any atom is 0.328 e. The van der Waals surface area contributed by atoms with E-state index in [1.165, 1.54) is 7.11 Å². The zero-order valence-electron chi connectivity index (χ0n) is 24.3. The summed E-state index contributed by atoms with van der Waals surface area (Å²) in [6.45, 7) is 12.9. The van der Waals surface area contributed by atoms with E-state index in [-0.39, 0.29) is 35.7 Å². The maximum absolute atomic E-state index is 13.8. The van der Waals surface area contributed by atoms with Gasteiger partial charge in [0.05, 0.1) is 19.2 Å². The van der Waals surface area contributed by atoms with Gasteiger partial charge in [0, 0.05) is 19.2 Å². The van der Waals surface area contributed by atoms with Gasteiger partial charge in [0.2, 0.25) is 17.7 Å². The number of carbonyl (C=O) groups is 4. The van der Waals surface area contributed by atoms with Crippen molar-refractivity contribution in [2.45, 2.75) is 97.8 Å². The summed E-state index contributed by atoms with van der Waals surface area (Å²) in [5.74, 6) is -0.913. The van der Waals surface area contributed by atoms with Crippen LogP contribution >= 0.6 is 0 Å². The summed E-state index contributed by atoms with van der Waals surface area (Å²) < 4.78 is 4.88. The molecule has 1 N–H and O–H groups in total. The molecule has 2 aliphatic heterocycles. The third kappa shape index (κ3) is 7.55. The highest BCUT2D eigenvalue weighted by molar-refractivity contribution is 5.96. The number of rotatable bonds is 8. The number of hydrogen-bond donors (Lipinski definition) is 1. The molecule has 0 radical (unpaired) electrons. The molecule has 2 aliphatic rings. The average Bonchev–Trinajstić information content (AvgIpc) is 3.33. The summed E-state index contributed by atoms with van der Waals surface area (Å²) in [6.07, 6.45) is 5.99. The molecular formula is C28H48N4O5. The van der Waals surface area contributed by atoms with Crippen LogP contribution in [0.25, 0.3) is 0 Å². The van der Waals surface area contributed by atoms with Crippen molar-refractivity contribution in [1.82, 2.24) is 20.0 Å². The van der Waals surface area contributed by atoms with Crippen LogP contribution in [0.4, 0.5) is 0 Å². The quantitative estimate of drug-likeness (QED) is 0.390. The molecule has 0 aliphatic carbocycles. The van der Waals surface area contributed by atoms with Gasteiger partial charge < -0.3 is 19.9 Å². The van der Waals surface area contributed by atoms with Crippen molar-refractivity contribution in [3.63, 3.8) is 0 Å². The lowest BCUT2D eigenvalue weighted by molar-refractivity contribution is -0.149. The fraction of sp³-hybridized carbons (Fsp3) is 0.786. The Balaban J connectivity index is 2.25. The van der Waals surface area contributed by atoms with Crippen LogP contribution in [0.1, 0.15) is 73.6 Å². The first-order valence-corrected chi connectivity index (χ1v) is 13.5. The van der Waals surface area contributed by atoms with E-state index in [9.17, 15) is 19.2 Å². The standard InChI is InChI=1S/C28H48N4O5/c1-18(2)22(17-19(3)25(34)32-16-12-14-21(32)27(36)37-9)31(8)26(35)23(28(4,5)6)29-24(33)20-13-10-11-15-30(20)7/h17-18,20-23H,10-16H2,1-9H3,(H,29,33)/b19-17+/t20?,21-,22+,23?/m0/s1. The van der Waals surface area contributed by atoms with E-state index in [4.69, 9.17) is 4.74 Å². The molecule has 2 heterocycles. The first kappa shape index (κ1) is 30.8. The predicted molar refractivity (Wildman–Crippen MR) is 144 cm³/mol. The molecule has 4 atom stereocenters. The summed E-state index contributed by atoms with van der Waals surface area (Å²) in [7, 11) is 5.01. The van der Waals surface area contributed by atoms with Crippen LogP contribution in [-0.4, -0.2) is 96.9 Å². The molecule has 2 saturated heterocycles. The van der Waals surface area contributed by atoms with Gasteiger partial charge in [-0.25, -0.2) is 4.79 Å². The van der Waals surface area contributed by atoms with Gasteiger partial charge in [-0.15, -0.1) is 0 Å². The Morgan fingerprint density at radius 1 is 1.03 bits per heavy atom. The molecule has 0 spiro atoms. The summed E-state index contributed by atoms with van der Waals surface area (Å²) in [5.41, 5.74) is -0.0255. The lowest BCUT2D eigenvalue weighted by atomic mass is 9.84. The smallest absolute Gasteiger partial charge is 0.328 e. The number of esters is 1. The number of nitrogens with one attached hydrogen (secondary N) is 1. The molecule has 0 aromatic rings. The second-order valence-electron chi connectivity index (χ2n) is 12.0. The Bertz CT molecular complexity index is 878. The van der Waals surface area contributed by atoms with E-state index in [1.54, 1.807) is 23.8 Å². The summed E-state index contributed by atoms with van der Waals surface area (Å²) in [6, 6.07) is -1.89. The molecule has 210 valence electrons. The summed E-state index contributed by atoms with van der Waals surface area (Å²) in [4.78, 5) is 57.7. The van der Waals surface area contributed by atoms with Crippen LogP contribution < -0.4 is 5.32 Å². The third-order valence-corrected chi connectivity index (χ3v) is 7.70. The van der Waals surface area contributed by atoms with Crippen LogP contribution in [-0.2, 0) is 23.9 Å². The topological polar surface area (TPSA) is 99.3 Å². The zero-order chi connectivity index (χ0) is 28.1.